The van der Waals surface area contributed by atoms with Gasteiger partial charge in [0.1, 0.15) is 18.5 Å². The average Bonchev–Trinajstić information content (AvgIpc) is 2.43. The summed E-state index contributed by atoms with van der Waals surface area (Å²) in [5, 5.41) is 14.3. The molecule has 2 N–H and O–H groups in total. The molecule has 0 saturated heterocycles. The Hall–Kier alpha value is -0.480. The minimum atomic E-state index is -0.582. The largest absolute Gasteiger partial charge is 0.489 e. The maximum absolute atomic E-state index is 9.93. The van der Waals surface area contributed by atoms with Crippen LogP contribution in [0.15, 0.2) is 18.2 Å². The summed E-state index contributed by atoms with van der Waals surface area (Å²) in [4.78, 5) is 0. The Morgan fingerprint density at radius 3 is 2.57 bits per heavy atom. The Kier molecular flexibility index (Phi) is 8.42. The van der Waals surface area contributed by atoms with Crippen LogP contribution in [0.5, 0.6) is 5.75 Å². The number of hydrogen-bond donors (Lipinski definition) is 2. The quantitative estimate of drug-likeness (QED) is 0.713. The van der Waals surface area contributed by atoms with Crippen molar-refractivity contribution in [3.63, 3.8) is 0 Å². The summed E-state index contributed by atoms with van der Waals surface area (Å²) in [5.74, 6) is 1.20. The van der Waals surface area contributed by atoms with E-state index in [4.69, 9.17) is 27.9 Å². The van der Waals surface area contributed by atoms with Crippen molar-refractivity contribution in [2.24, 2.45) is 5.92 Å². The second-order valence-corrected chi connectivity index (χ2v) is 6.66. The van der Waals surface area contributed by atoms with E-state index in [1.165, 1.54) is 6.42 Å². The zero-order valence-corrected chi connectivity index (χ0v) is 14.4. The molecule has 120 valence electrons. The molecule has 0 aliphatic heterocycles. The Balaban J connectivity index is 2.27. The van der Waals surface area contributed by atoms with E-state index in [9.17, 15) is 5.11 Å². The molecule has 2 atom stereocenters. The minimum absolute atomic E-state index is 0.184. The average molecular weight is 334 g/mol. The Morgan fingerprint density at radius 1 is 1.19 bits per heavy atom. The number of ether oxygens (including phenoxy) is 1. The van der Waals surface area contributed by atoms with Crippen molar-refractivity contribution in [3.05, 3.63) is 28.2 Å². The van der Waals surface area contributed by atoms with Crippen molar-refractivity contribution in [3.8, 4) is 5.75 Å². The van der Waals surface area contributed by atoms with Gasteiger partial charge in [0.05, 0.1) is 5.02 Å². The number of rotatable bonds is 9. The predicted molar refractivity (Wildman–Crippen MR) is 89.5 cm³/mol. The lowest BCUT2D eigenvalue weighted by Crippen LogP contribution is -2.36. The lowest BCUT2D eigenvalue weighted by Gasteiger charge is -2.18. The molecule has 0 heterocycles. The summed E-state index contributed by atoms with van der Waals surface area (Å²) >= 11 is 11.9. The Labute approximate surface area is 137 Å². The van der Waals surface area contributed by atoms with E-state index in [0.717, 1.165) is 6.42 Å². The highest BCUT2D eigenvalue weighted by atomic mass is 35.5. The molecule has 0 radical (unpaired) electrons. The normalized spacial score (nSPS) is 14.2. The van der Waals surface area contributed by atoms with Crippen LogP contribution in [0.25, 0.3) is 0 Å². The van der Waals surface area contributed by atoms with Crippen LogP contribution in [0, 0.1) is 5.92 Å². The molecule has 1 aromatic carbocycles. The number of halogens is 2. The van der Waals surface area contributed by atoms with E-state index in [1.54, 1.807) is 18.2 Å². The molecule has 0 aliphatic carbocycles. The first-order chi connectivity index (χ1) is 9.88. The molecule has 1 rings (SSSR count). The first-order valence-corrected chi connectivity index (χ1v) is 8.13. The Bertz CT molecular complexity index is 427. The smallest absolute Gasteiger partial charge is 0.139 e. The standard InChI is InChI=1S/C16H25Cl2NO2/c1-11(2)4-5-12(3)19-9-14(20)10-21-16-8-13(17)6-7-15(16)18/h6-8,11-12,14,19-20H,4-5,9-10H2,1-3H3. The topological polar surface area (TPSA) is 41.5 Å². The molecule has 1 aromatic rings. The van der Waals surface area contributed by atoms with Crippen LogP contribution in [0.3, 0.4) is 0 Å². The van der Waals surface area contributed by atoms with Gasteiger partial charge in [0.15, 0.2) is 0 Å². The summed E-state index contributed by atoms with van der Waals surface area (Å²) in [6, 6.07) is 5.41. The number of aliphatic hydroxyl groups is 1. The molecule has 0 spiro atoms. The van der Waals surface area contributed by atoms with Gasteiger partial charge >= 0.3 is 0 Å². The van der Waals surface area contributed by atoms with Crippen LogP contribution < -0.4 is 10.1 Å². The second kappa shape index (κ2) is 9.52. The van der Waals surface area contributed by atoms with Gasteiger partial charge in [-0.05, 0) is 37.8 Å². The first kappa shape index (κ1) is 18.6. The molecule has 0 bridgehead atoms. The fraction of sp³-hybridized carbons (Fsp3) is 0.625. The molecular formula is C16H25Cl2NO2. The predicted octanol–water partition coefficient (Wildman–Crippen LogP) is 4.15. The van der Waals surface area contributed by atoms with Crippen molar-refractivity contribution < 1.29 is 9.84 Å². The van der Waals surface area contributed by atoms with Gasteiger partial charge in [-0.25, -0.2) is 0 Å². The highest BCUT2D eigenvalue weighted by molar-refractivity contribution is 6.34. The van der Waals surface area contributed by atoms with Crippen molar-refractivity contribution in [1.29, 1.82) is 0 Å². The fourth-order valence-electron chi connectivity index (χ4n) is 1.86. The van der Waals surface area contributed by atoms with E-state index in [1.807, 2.05) is 0 Å². The third kappa shape index (κ3) is 7.91. The lowest BCUT2D eigenvalue weighted by molar-refractivity contribution is 0.103. The second-order valence-electron chi connectivity index (χ2n) is 5.82. The summed E-state index contributed by atoms with van der Waals surface area (Å²) in [7, 11) is 0. The molecule has 0 fully saturated rings. The summed E-state index contributed by atoms with van der Waals surface area (Å²) in [6.07, 6.45) is 1.70. The van der Waals surface area contributed by atoms with Crippen molar-refractivity contribution in [2.75, 3.05) is 13.2 Å². The van der Waals surface area contributed by atoms with Gasteiger partial charge in [-0.15, -0.1) is 0 Å². The molecule has 0 aromatic heterocycles. The van der Waals surface area contributed by atoms with Crippen LogP contribution in [0.1, 0.15) is 33.6 Å². The van der Waals surface area contributed by atoms with Crippen molar-refractivity contribution in [2.45, 2.75) is 45.8 Å². The van der Waals surface area contributed by atoms with Crippen LogP contribution >= 0.6 is 23.2 Å². The summed E-state index contributed by atoms with van der Waals surface area (Å²) in [6.45, 7) is 7.24. The van der Waals surface area contributed by atoms with E-state index in [-0.39, 0.29) is 6.61 Å². The molecule has 0 amide bonds. The Morgan fingerprint density at radius 2 is 1.90 bits per heavy atom. The van der Waals surface area contributed by atoms with Gasteiger partial charge in [-0.2, -0.15) is 0 Å². The highest BCUT2D eigenvalue weighted by Crippen LogP contribution is 2.27. The van der Waals surface area contributed by atoms with Crippen LogP contribution in [-0.2, 0) is 0 Å². The monoisotopic (exact) mass is 333 g/mol. The van der Waals surface area contributed by atoms with Crippen LogP contribution in [0.2, 0.25) is 10.0 Å². The molecule has 2 unspecified atom stereocenters. The van der Waals surface area contributed by atoms with Gasteiger partial charge in [0.2, 0.25) is 0 Å². The number of hydrogen-bond acceptors (Lipinski definition) is 3. The molecule has 21 heavy (non-hydrogen) atoms. The third-order valence-electron chi connectivity index (χ3n) is 3.20. The number of benzene rings is 1. The van der Waals surface area contributed by atoms with Gasteiger partial charge in [-0.3, -0.25) is 0 Å². The highest BCUT2D eigenvalue weighted by Gasteiger charge is 2.10. The van der Waals surface area contributed by atoms with E-state index < -0.39 is 6.10 Å². The zero-order valence-electron chi connectivity index (χ0n) is 12.9. The molecule has 0 saturated carbocycles. The van der Waals surface area contributed by atoms with Crippen molar-refractivity contribution in [1.82, 2.24) is 5.32 Å². The molecule has 5 heteroatoms. The maximum atomic E-state index is 9.93. The molecular weight excluding hydrogens is 309 g/mol. The van der Waals surface area contributed by atoms with Gasteiger partial charge < -0.3 is 15.2 Å². The number of aliphatic hydroxyl groups excluding tert-OH is 1. The summed E-state index contributed by atoms with van der Waals surface area (Å²) in [5.41, 5.74) is 0. The van der Waals surface area contributed by atoms with E-state index in [0.29, 0.717) is 34.3 Å². The summed E-state index contributed by atoms with van der Waals surface area (Å²) < 4.78 is 5.50. The first-order valence-electron chi connectivity index (χ1n) is 7.37. The lowest BCUT2D eigenvalue weighted by atomic mass is 10.0. The zero-order chi connectivity index (χ0) is 15.8. The molecule has 0 aliphatic rings. The van der Waals surface area contributed by atoms with E-state index >= 15 is 0 Å². The van der Waals surface area contributed by atoms with Gasteiger partial charge in [0, 0.05) is 23.7 Å². The van der Waals surface area contributed by atoms with Crippen LogP contribution in [0.4, 0.5) is 0 Å². The van der Waals surface area contributed by atoms with Crippen LogP contribution in [-0.4, -0.2) is 30.4 Å². The SMILES string of the molecule is CC(C)CCC(C)NCC(O)COc1cc(Cl)ccc1Cl. The minimum Gasteiger partial charge on any atom is -0.489 e. The molecule has 3 nitrogen and oxygen atoms in total. The fourth-order valence-corrected chi connectivity index (χ4v) is 2.19. The maximum Gasteiger partial charge on any atom is 0.139 e. The number of nitrogens with one attached hydrogen (secondary N) is 1. The van der Waals surface area contributed by atoms with E-state index in [2.05, 4.69) is 26.1 Å². The van der Waals surface area contributed by atoms with Gasteiger partial charge in [0.25, 0.3) is 0 Å². The van der Waals surface area contributed by atoms with Gasteiger partial charge in [-0.1, -0.05) is 37.0 Å². The van der Waals surface area contributed by atoms with Crippen molar-refractivity contribution >= 4 is 23.2 Å². The third-order valence-corrected chi connectivity index (χ3v) is 3.75.